The van der Waals surface area contributed by atoms with Crippen molar-refractivity contribution >= 4 is 45.3 Å². The van der Waals surface area contributed by atoms with Crippen molar-refractivity contribution in [3.63, 3.8) is 0 Å². The molecule has 0 radical (unpaired) electrons. The highest BCUT2D eigenvalue weighted by Crippen LogP contribution is 2.35. The van der Waals surface area contributed by atoms with E-state index in [9.17, 15) is 14.4 Å². The maximum atomic E-state index is 13.9. The minimum Gasteiger partial charge on any atom is -0.336 e. The minimum absolute atomic E-state index is 0.0440. The van der Waals surface area contributed by atoms with E-state index in [0.717, 1.165) is 52.7 Å². The van der Waals surface area contributed by atoms with Crippen LogP contribution in [0.15, 0.2) is 34.2 Å². The predicted molar refractivity (Wildman–Crippen MR) is 127 cm³/mol. The Morgan fingerprint density at radius 2 is 2.00 bits per heavy atom. The van der Waals surface area contributed by atoms with Crippen molar-refractivity contribution in [2.45, 2.75) is 44.2 Å². The van der Waals surface area contributed by atoms with Gasteiger partial charge in [0.2, 0.25) is 5.91 Å². The normalized spacial score (nSPS) is 16.2. The Kier molecular flexibility index (Phi) is 5.77. The van der Waals surface area contributed by atoms with Crippen molar-refractivity contribution in [1.29, 1.82) is 0 Å². The lowest BCUT2D eigenvalue weighted by atomic mass is 10.1. The number of amides is 3. The Balaban J connectivity index is 1.61. The monoisotopic (exact) mass is 468 g/mol. The number of hydrogen-bond donors (Lipinski definition) is 1. The molecule has 1 aliphatic heterocycles. The van der Waals surface area contributed by atoms with Crippen LogP contribution in [0, 0.1) is 6.92 Å². The number of carbonyl (C=O) groups is 2. The SMILES string of the molecule is Cc1ccccc1-n1c(SCC(=O)N2CCNC2=O)nc2sc3c(c2c1=O)CCCCC3. The molecule has 1 saturated heterocycles. The fourth-order valence-electron chi connectivity index (χ4n) is 4.40. The van der Waals surface area contributed by atoms with Crippen LogP contribution in [0.3, 0.4) is 0 Å². The highest BCUT2D eigenvalue weighted by molar-refractivity contribution is 7.99. The van der Waals surface area contributed by atoms with Crippen molar-refractivity contribution in [2.24, 2.45) is 0 Å². The number of rotatable bonds is 4. The number of hydrogen-bond acceptors (Lipinski definition) is 6. The van der Waals surface area contributed by atoms with E-state index < -0.39 is 0 Å². The van der Waals surface area contributed by atoms with Crippen LogP contribution in [-0.4, -0.2) is 45.2 Å². The first-order valence-electron chi connectivity index (χ1n) is 10.9. The minimum atomic E-state index is -0.364. The van der Waals surface area contributed by atoms with Gasteiger partial charge in [0.15, 0.2) is 5.16 Å². The molecule has 1 aromatic carbocycles. The molecule has 1 N–H and O–H groups in total. The van der Waals surface area contributed by atoms with Crippen molar-refractivity contribution in [1.82, 2.24) is 19.8 Å². The van der Waals surface area contributed by atoms with Crippen LogP contribution in [0.5, 0.6) is 0 Å². The summed E-state index contributed by atoms with van der Waals surface area (Å²) >= 11 is 2.83. The lowest BCUT2D eigenvalue weighted by Gasteiger charge is -2.16. The molecule has 32 heavy (non-hydrogen) atoms. The average Bonchev–Trinajstić information content (AvgIpc) is 3.29. The molecule has 3 amide bonds. The molecule has 3 aromatic rings. The Hall–Kier alpha value is -2.65. The number of nitrogens with zero attached hydrogens (tertiary/aromatic N) is 3. The Labute approximate surface area is 193 Å². The number of carbonyl (C=O) groups excluding carboxylic acids is 2. The number of imide groups is 1. The van der Waals surface area contributed by atoms with Crippen LogP contribution in [0.1, 0.15) is 35.3 Å². The lowest BCUT2D eigenvalue weighted by Crippen LogP contribution is -2.35. The molecule has 2 aromatic heterocycles. The number of para-hydroxylation sites is 1. The topological polar surface area (TPSA) is 84.3 Å². The summed E-state index contributed by atoms with van der Waals surface area (Å²) < 4.78 is 1.65. The first kappa shape index (κ1) is 21.2. The molecule has 1 fully saturated rings. The summed E-state index contributed by atoms with van der Waals surface area (Å²) in [6.45, 7) is 2.80. The Bertz CT molecular complexity index is 1280. The highest BCUT2D eigenvalue weighted by atomic mass is 32.2. The molecule has 0 unspecified atom stereocenters. The maximum absolute atomic E-state index is 13.9. The average molecular weight is 469 g/mol. The molecule has 0 spiro atoms. The van der Waals surface area contributed by atoms with Gasteiger partial charge in [0.1, 0.15) is 4.83 Å². The van der Waals surface area contributed by atoms with Gasteiger partial charge in [0.25, 0.3) is 5.56 Å². The maximum Gasteiger partial charge on any atom is 0.324 e. The van der Waals surface area contributed by atoms with Gasteiger partial charge in [-0.1, -0.05) is 36.4 Å². The highest BCUT2D eigenvalue weighted by Gasteiger charge is 2.27. The quantitative estimate of drug-likeness (QED) is 0.359. The van der Waals surface area contributed by atoms with E-state index in [1.165, 1.54) is 28.0 Å². The zero-order valence-electron chi connectivity index (χ0n) is 17.8. The first-order chi connectivity index (χ1) is 15.5. The fourth-order valence-corrected chi connectivity index (χ4v) is 6.58. The molecule has 1 aliphatic carbocycles. The van der Waals surface area contributed by atoms with Gasteiger partial charge < -0.3 is 5.32 Å². The lowest BCUT2D eigenvalue weighted by molar-refractivity contribution is -0.124. The van der Waals surface area contributed by atoms with Crippen molar-refractivity contribution in [3.8, 4) is 5.69 Å². The van der Waals surface area contributed by atoms with Crippen LogP contribution < -0.4 is 10.9 Å². The molecule has 7 nitrogen and oxygen atoms in total. The van der Waals surface area contributed by atoms with E-state index in [4.69, 9.17) is 4.98 Å². The third kappa shape index (κ3) is 3.73. The molecule has 2 aliphatic rings. The second-order valence-electron chi connectivity index (χ2n) is 8.13. The fraction of sp³-hybridized carbons (Fsp3) is 0.391. The van der Waals surface area contributed by atoms with E-state index in [1.807, 2.05) is 31.2 Å². The van der Waals surface area contributed by atoms with Gasteiger partial charge in [-0.2, -0.15) is 0 Å². The number of thiophene rings is 1. The van der Waals surface area contributed by atoms with Gasteiger partial charge in [0.05, 0.1) is 16.8 Å². The summed E-state index contributed by atoms with van der Waals surface area (Å²) in [4.78, 5) is 46.4. The molecular formula is C23H24N4O3S2. The Morgan fingerprint density at radius 1 is 1.19 bits per heavy atom. The van der Waals surface area contributed by atoms with Gasteiger partial charge in [0, 0.05) is 18.0 Å². The van der Waals surface area contributed by atoms with Gasteiger partial charge in [-0.25, -0.2) is 9.78 Å². The number of benzene rings is 1. The summed E-state index contributed by atoms with van der Waals surface area (Å²) in [6, 6.07) is 7.36. The Morgan fingerprint density at radius 3 is 2.78 bits per heavy atom. The van der Waals surface area contributed by atoms with E-state index in [2.05, 4.69) is 5.32 Å². The number of urea groups is 1. The first-order valence-corrected chi connectivity index (χ1v) is 12.7. The van der Waals surface area contributed by atoms with Gasteiger partial charge in [-0.15, -0.1) is 11.3 Å². The largest absolute Gasteiger partial charge is 0.336 e. The number of aromatic nitrogens is 2. The third-order valence-electron chi connectivity index (χ3n) is 6.05. The number of aryl methyl sites for hydroxylation is 3. The van der Waals surface area contributed by atoms with Gasteiger partial charge in [-0.05, 0) is 49.8 Å². The van der Waals surface area contributed by atoms with Crippen LogP contribution in [0.2, 0.25) is 0 Å². The van der Waals surface area contributed by atoms with Crippen molar-refractivity contribution in [3.05, 3.63) is 50.6 Å². The zero-order chi connectivity index (χ0) is 22.2. The molecule has 166 valence electrons. The summed E-state index contributed by atoms with van der Waals surface area (Å²) in [5.41, 5.74) is 2.82. The number of thioether (sulfide) groups is 1. The van der Waals surface area contributed by atoms with E-state index >= 15 is 0 Å². The van der Waals surface area contributed by atoms with Crippen LogP contribution >= 0.6 is 23.1 Å². The number of nitrogens with one attached hydrogen (secondary N) is 1. The van der Waals surface area contributed by atoms with Gasteiger partial charge >= 0.3 is 6.03 Å². The number of fused-ring (bicyclic) bond motifs is 3. The van der Waals surface area contributed by atoms with Gasteiger partial charge in [-0.3, -0.25) is 19.1 Å². The molecule has 0 saturated carbocycles. The molecular weight excluding hydrogens is 444 g/mol. The van der Waals surface area contributed by atoms with Crippen LogP contribution in [-0.2, 0) is 17.6 Å². The van der Waals surface area contributed by atoms with E-state index in [0.29, 0.717) is 18.2 Å². The summed E-state index contributed by atoms with van der Waals surface area (Å²) in [5.74, 6) is -0.236. The summed E-state index contributed by atoms with van der Waals surface area (Å²) in [6.07, 6.45) is 5.31. The smallest absolute Gasteiger partial charge is 0.324 e. The third-order valence-corrected chi connectivity index (χ3v) is 8.16. The summed E-state index contributed by atoms with van der Waals surface area (Å²) in [7, 11) is 0. The van der Waals surface area contributed by atoms with E-state index in [1.54, 1.807) is 15.9 Å². The van der Waals surface area contributed by atoms with Crippen LogP contribution in [0.4, 0.5) is 4.79 Å². The molecule has 0 bridgehead atoms. The standard InChI is InChI=1S/C23H24N4O3S2/c1-14-7-5-6-9-16(14)27-21(29)19-15-8-3-2-4-10-17(15)32-20(19)25-23(27)31-13-18(28)26-12-11-24-22(26)30/h5-7,9H,2-4,8,10-13H2,1H3,(H,24,30). The van der Waals surface area contributed by atoms with Crippen molar-refractivity contribution < 1.29 is 9.59 Å². The molecule has 9 heteroatoms. The predicted octanol–water partition coefficient (Wildman–Crippen LogP) is 3.67. The van der Waals surface area contributed by atoms with E-state index in [-0.39, 0.29) is 23.3 Å². The zero-order valence-corrected chi connectivity index (χ0v) is 19.5. The molecule has 3 heterocycles. The molecule has 5 rings (SSSR count). The summed E-state index contributed by atoms with van der Waals surface area (Å²) in [5, 5.41) is 3.86. The second-order valence-corrected chi connectivity index (χ2v) is 10.2. The van der Waals surface area contributed by atoms with Crippen LogP contribution in [0.25, 0.3) is 15.9 Å². The molecule has 0 atom stereocenters. The van der Waals surface area contributed by atoms with Crippen molar-refractivity contribution in [2.75, 3.05) is 18.8 Å². The second kappa shape index (κ2) is 8.71.